The van der Waals surface area contributed by atoms with E-state index in [0.29, 0.717) is 12.5 Å². The predicted molar refractivity (Wildman–Crippen MR) is 532 cm³/mol. The van der Waals surface area contributed by atoms with Crippen LogP contribution in [0, 0.1) is 17.8 Å². The number of aliphatic hydroxyl groups excluding tert-OH is 1. The van der Waals surface area contributed by atoms with Crippen molar-refractivity contribution in [2.75, 3.05) is 6.61 Å². The molecule has 0 saturated carbocycles. The van der Waals surface area contributed by atoms with Gasteiger partial charge in [0, 0.05) is 6.61 Å². The molecule has 0 aromatic heterocycles. The summed E-state index contributed by atoms with van der Waals surface area (Å²) in [4.78, 5) is 0. The van der Waals surface area contributed by atoms with E-state index in [1.54, 1.807) is 16.7 Å². The maximum atomic E-state index is 9.12. The van der Waals surface area contributed by atoms with Crippen molar-refractivity contribution in [2.24, 2.45) is 17.8 Å². The van der Waals surface area contributed by atoms with Crippen LogP contribution in [0.3, 0.4) is 0 Å². The number of aliphatic hydroxyl groups is 1. The highest BCUT2D eigenvalue weighted by molar-refractivity contribution is 5.16. The highest BCUT2D eigenvalue weighted by atomic mass is 16.3. The highest BCUT2D eigenvalue weighted by Gasteiger charge is 2.07. The summed E-state index contributed by atoms with van der Waals surface area (Å²) in [5.74, 6) is 2.33. The van der Waals surface area contributed by atoms with E-state index in [-0.39, 0.29) is 0 Å². The smallest absolute Gasteiger partial charge is 0.0433 e. The third kappa shape index (κ3) is 75.0. The van der Waals surface area contributed by atoms with Crippen molar-refractivity contribution in [1.29, 1.82) is 0 Å². The highest BCUT2D eigenvalue weighted by Crippen LogP contribution is 2.26. The van der Waals surface area contributed by atoms with Crippen molar-refractivity contribution in [1.82, 2.24) is 0 Å². The van der Waals surface area contributed by atoms with E-state index in [1.165, 1.54) is 262 Å². The molecule has 0 fully saturated rings. The number of hydrogen-bond donors (Lipinski definition) is 1. The second-order valence-electron chi connectivity index (χ2n) is 37.8. The van der Waals surface area contributed by atoms with Crippen molar-refractivity contribution >= 4 is 0 Å². The third-order valence-electron chi connectivity index (χ3n) is 24.1. The molecular formula is C115H192O. The van der Waals surface area contributed by atoms with Crippen LogP contribution in [0.5, 0.6) is 0 Å². The van der Waals surface area contributed by atoms with E-state index in [4.69, 9.17) is 5.11 Å². The van der Waals surface area contributed by atoms with Crippen LogP contribution in [0.1, 0.15) is 468 Å². The average Bonchev–Trinajstić information content (AvgIpc) is 1.01. The van der Waals surface area contributed by atoms with Crippen LogP contribution >= 0.6 is 0 Å². The Balaban J connectivity index is 4.36. The summed E-state index contributed by atoms with van der Waals surface area (Å²) in [6.45, 7) is 56.1. The standard InChI is InChI=1S/C115H192O/c1-93(2)47-25-48-94(3)49-26-50-95(4)51-27-52-96(5)53-28-54-97(6)55-29-56-98(7)57-30-58-99(8)59-31-60-100(9)61-32-62-101(10)63-33-64-102(11)65-34-66-103(12)67-35-68-104(13)69-36-70-105(14)71-37-72-106(15)73-38-74-107(16)75-39-76-108(17)77-40-78-109(18)79-41-80-110(19)81-42-82-111(20)83-43-84-112(21)85-44-86-113(22)87-45-88-114(23)89-46-90-115(24)91-92-116/h51,53,55,57,59,61,63,65,67,69,71,73,75,77,79,81,83,85,87,89,93-94,115-116H,25-50,52,54,56,58,60,62,64,66,68,70,72,74,76,78,80,82,84,86,88,90-92H2,1-24H3. The molecule has 0 radical (unpaired) electrons. The van der Waals surface area contributed by atoms with E-state index < -0.39 is 0 Å². The Labute approximate surface area is 725 Å². The second kappa shape index (κ2) is 74.8. The molecule has 1 nitrogen and oxygen atoms in total. The molecule has 2 unspecified atom stereocenters. The van der Waals surface area contributed by atoms with Gasteiger partial charge in [-0.2, -0.15) is 0 Å². The molecule has 0 aliphatic rings. The Hall–Kier alpha value is -5.24. The van der Waals surface area contributed by atoms with Crippen LogP contribution < -0.4 is 0 Å². The SMILES string of the molecule is CC(=CCCC(C)=CCCC(C)=CCCC(C)=CCCC(C)=CCCC(C)=CCCC(C)=CCCC(C)=CCCC(C)=CCCC(C)=CCCC(C)CCO)CCC=C(C)CCC=C(C)CCC=C(C)CCC=C(C)CCC=C(C)CCC=C(C)CCC=C(C)CCC=C(C)CCC=C(C)CCC=C(C)CCCC(C)CCCC(C)C. The lowest BCUT2D eigenvalue weighted by Crippen LogP contribution is -1.97. The minimum Gasteiger partial charge on any atom is -0.396 e. The van der Waals surface area contributed by atoms with E-state index in [2.05, 4.69) is 288 Å². The fourth-order valence-electron chi connectivity index (χ4n) is 15.1. The molecule has 0 saturated heterocycles. The first-order valence-electron chi connectivity index (χ1n) is 48.2. The zero-order valence-corrected chi connectivity index (χ0v) is 81.7. The Bertz CT molecular complexity index is 3250. The monoisotopic (exact) mass is 1590 g/mol. The number of hydrogen-bond acceptors (Lipinski definition) is 1. The van der Waals surface area contributed by atoms with Crippen LogP contribution in [0.15, 0.2) is 233 Å². The lowest BCUT2D eigenvalue weighted by molar-refractivity contribution is 0.259. The van der Waals surface area contributed by atoms with E-state index in [0.717, 1.165) is 147 Å². The van der Waals surface area contributed by atoms with Gasteiger partial charge in [0.1, 0.15) is 0 Å². The summed E-state index contributed by atoms with van der Waals surface area (Å²) in [5.41, 5.74) is 30.7. The first-order chi connectivity index (χ1) is 55.4. The maximum absolute atomic E-state index is 9.12. The Morgan fingerprint density at radius 3 is 0.431 bits per heavy atom. The normalized spacial score (nSPS) is 15.7. The van der Waals surface area contributed by atoms with Crippen molar-refractivity contribution in [3.05, 3.63) is 233 Å². The van der Waals surface area contributed by atoms with Gasteiger partial charge in [-0.25, -0.2) is 0 Å². The van der Waals surface area contributed by atoms with Crippen LogP contribution in [0.2, 0.25) is 0 Å². The minimum absolute atomic E-state index is 0.308. The summed E-state index contributed by atoms with van der Waals surface area (Å²) in [7, 11) is 0. The topological polar surface area (TPSA) is 20.2 Å². The number of allylic oxidation sites excluding steroid dienone is 40. The lowest BCUT2D eigenvalue weighted by Gasteiger charge is -2.12. The molecule has 1 N–H and O–H groups in total. The van der Waals surface area contributed by atoms with Crippen molar-refractivity contribution in [3.63, 3.8) is 0 Å². The maximum Gasteiger partial charge on any atom is 0.0433 e. The average molecular weight is 1590 g/mol. The molecule has 0 bridgehead atoms. The largest absolute Gasteiger partial charge is 0.396 e. The molecule has 0 aromatic carbocycles. The summed E-state index contributed by atoms with van der Waals surface area (Å²) in [5, 5.41) is 9.12. The van der Waals surface area contributed by atoms with Crippen molar-refractivity contribution in [3.8, 4) is 0 Å². The Morgan fingerprint density at radius 1 is 0.155 bits per heavy atom. The van der Waals surface area contributed by atoms with Gasteiger partial charge in [0.15, 0.2) is 0 Å². The molecule has 0 heterocycles. The minimum atomic E-state index is 0.308. The van der Waals surface area contributed by atoms with Crippen LogP contribution in [0.25, 0.3) is 0 Å². The van der Waals surface area contributed by atoms with Crippen molar-refractivity contribution in [2.45, 2.75) is 468 Å². The lowest BCUT2D eigenvalue weighted by atomic mass is 9.94. The fourth-order valence-corrected chi connectivity index (χ4v) is 15.1. The fraction of sp³-hybridized carbons (Fsp3) is 0.652. The van der Waals surface area contributed by atoms with Gasteiger partial charge >= 0.3 is 0 Å². The van der Waals surface area contributed by atoms with Crippen LogP contribution in [-0.4, -0.2) is 11.7 Å². The predicted octanol–water partition coefficient (Wildman–Crippen LogP) is 39.2. The molecule has 658 valence electrons. The molecule has 0 rings (SSSR count). The molecule has 0 aromatic rings. The van der Waals surface area contributed by atoms with Crippen LogP contribution in [-0.2, 0) is 0 Å². The van der Waals surface area contributed by atoms with Gasteiger partial charge in [-0.3, -0.25) is 0 Å². The summed E-state index contributed by atoms with van der Waals surface area (Å²) < 4.78 is 0. The first-order valence-corrected chi connectivity index (χ1v) is 48.2. The quantitative estimate of drug-likeness (QED) is 0.0602. The summed E-state index contributed by atoms with van der Waals surface area (Å²) >= 11 is 0. The summed E-state index contributed by atoms with van der Waals surface area (Å²) in [6.07, 6.45) is 105. The Morgan fingerprint density at radius 2 is 0.284 bits per heavy atom. The first kappa shape index (κ1) is 111. The summed E-state index contributed by atoms with van der Waals surface area (Å²) in [6, 6.07) is 0. The van der Waals surface area contributed by atoms with E-state index in [9.17, 15) is 0 Å². The van der Waals surface area contributed by atoms with Gasteiger partial charge in [0.05, 0.1) is 0 Å². The molecule has 0 spiro atoms. The second-order valence-corrected chi connectivity index (χ2v) is 37.8. The third-order valence-corrected chi connectivity index (χ3v) is 24.1. The molecular weight excluding hydrogens is 1400 g/mol. The van der Waals surface area contributed by atoms with Crippen LogP contribution in [0.4, 0.5) is 0 Å². The molecule has 0 amide bonds. The zero-order valence-electron chi connectivity index (χ0n) is 81.7. The van der Waals surface area contributed by atoms with Gasteiger partial charge in [0.25, 0.3) is 0 Å². The van der Waals surface area contributed by atoms with Gasteiger partial charge < -0.3 is 5.11 Å². The van der Waals surface area contributed by atoms with E-state index >= 15 is 0 Å². The van der Waals surface area contributed by atoms with E-state index in [1.807, 2.05) is 0 Å². The van der Waals surface area contributed by atoms with Gasteiger partial charge in [-0.1, -0.05) is 286 Å². The molecule has 1 heteroatoms. The molecule has 116 heavy (non-hydrogen) atoms. The molecule has 0 aliphatic heterocycles. The van der Waals surface area contributed by atoms with Crippen molar-refractivity contribution < 1.29 is 5.11 Å². The zero-order chi connectivity index (χ0) is 86.4. The Kier molecular flexibility index (Phi) is 71.4. The van der Waals surface area contributed by atoms with Gasteiger partial charge in [-0.05, 0) is 432 Å². The molecule has 2 atom stereocenters. The number of rotatable bonds is 70. The van der Waals surface area contributed by atoms with Gasteiger partial charge in [-0.15, -0.1) is 0 Å². The molecule has 0 aliphatic carbocycles. The van der Waals surface area contributed by atoms with Gasteiger partial charge in [0.2, 0.25) is 0 Å².